The average molecular weight is 227 g/mol. The summed E-state index contributed by atoms with van der Waals surface area (Å²) in [6.07, 6.45) is 4.10. The molecule has 1 N–H and O–H groups in total. The Morgan fingerprint density at radius 1 is 1.53 bits per heavy atom. The van der Waals surface area contributed by atoms with Gasteiger partial charge in [0.05, 0.1) is 13.6 Å². The van der Waals surface area contributed by atoms with Crippen molar-refractivity contribution in [2.75, 3.05) is 12.3 Å². The van der Waals surface area contributed by atoms with E-state index in [2.05, 4.69) is 32.5 Å². The van der Waals surface area contributed by atoms with Gasteiger partial charge in [0.1, 0.15) is 0 Å². The molecule has 1 aromatic heterocycles. The number of tetrazole rings is 1. The summed E-state index contributed by atoms with van der Waals surface area (Å²) >= 11 is 2.08. The van der Waals surface area contributed by atoms with Gasteiger partial charge in [0.2, 0.25) is 0 Å². The Morgan fingerprint density at radius 3 is 3.13 bits per heavy atom. The van der Waals surface area contributed by atoms with Crippen LogP contribution in [0.25, 0.3) is 0 Å². The molecule has 1 unspecified atom stereocenters. The lowest BCUT2D eigenvalue weighted by atomic mass is 10.2. The van der Waals surface area contributed by atoms with Crippen molar-refractivity contribution < 1.29 is 0 Å². The van der Waals surface area contributed by atoms with Crippen LogP contribution in [0.5, 0.6) is 0 Å². The Hall–Kier alpha value is -0.620. The van der Waals surface area contributed by atoms with Gasteiger partial charge >= 0.3 is 0 Å². The van der Waals surface area contributed by atoms with Gasteiger partial charge in [-0.25, -0.2) is 0 Å². The van der Waals surface area contributed by atoms with E-state index < -0.39 is 0 Å². The summed E-state index contributed by atoms with van der Waals surface area (Å²) in [5.74, 6) is 2.09. The zero-order valence-electron chi connectivity index (χ0n) is 9.02. The Kier molecular flexibility index (Phi) is 3.96. The van der Waals surface area contributed by atoms with E-state index in [-0.39, 0.29) is 0 Å². The largest absolute Gasteiger partial charge is 0.309 e. The predicted molar refractivity (Wildman–Crippen MR) is 60.6 cm³/mol. The molecule has 1 saturated heterocycles. The first kappa shape index (κ1) is 10.9. The van der Waals surface area contributed by atoms with Gasteiger partial charge in [-0.05, 0) is 23.8 Å². The minimum Gasteiger partial charge on any atom is -0.309 e. The van der Waals surface area contributed by atoms with Gasteiger partial charge in [0.15, 0.2) is 5.82 Å². The van der Waals surface area contributed by atoms with Crippen LogP contribution < -0.4 is 5.32 Å². The molecule has 1 atom stereocenters. The van der Waals surface area contributed by atoms with Crippen LogP contribution in [-0.4, -0.2) is 37.8 Å². The van der Waals surface area contributed by atoms with Crippen molar-refractivity contribution in [3.8, 4) is 0 Å². The van der Waals surface area contributed by atoms with Gasteiger partial charge in [-0.15, -0.1) is 10.2 Å². The second-order valence-corrected chi connectivity index (χ2v) is 5.22. The van der Waals surface area contributed by atoms with Crippen LogP contribution in [0, 0.1) is 0 Å². The number of thioether (sulfide) groups is 1. The fourth-order valence-electron chi connectivity index (χ4n) is 1.71. The molecule has 1 aromatic rings. The van der Waals surface area contributed by atoms with E-state index in [0.29, 0.717) is 0 Å². The molecule has 5 nitrogen and oxygen atoms in total. The van der Waals surface area contributed by atoms with E-state index in [1.807, 2.05) is 0 Å². The van der Waals surface area contributed by atoms with Crippen LogP contribution in [0.1, 0.15) is 25.1 Å². The summed E-state index contributed by atoms with van der Waals surface area (Å²) in [6.45, 7) is 1.79. The SMILES string of the molecule is Cn1nnc(CNCC2CCCCS2)n1. The Labute approximate surface area is 94.0 Å². The molecular formula is C9H17N5S. The quantitative estimate of drug-likeness (QED) is 0.815. The summed E-state index contributed by atoms with van der Waals surface area (Å²) in [7, 11) is 1.79. The number of hydrogen-bond donors (Lipinski definition) is 1. The van der Waals surface area contributed by atoms with Crippen LogP contribution in [0.2, 0.25) is 0 Å². The van der Waals surface area contributed by atoms with Crippen molar-refractivity contribution in [2.45, 2.75) is 31.1 Å². The highest BCUT2D eigenvalue weighted by Crippen LogP contribution is 2.24. The monoisotopic (exact) mass is 227 g/mol. The molecule has 2 heterocycles. The number of nitrogens with one attached hydrogen (secondary N) is 1. The molecule has 2 rings (SSSR count). The lowest BCUT2D eigenvalue weighted by molar-refractivity contribution is 0.584. The van der Waals surface area contributed by atoms with Gasteiger partial charge < -0.3 is 5.32 Å². The molecule has 0 radical (unpaired) electrons. The fraction of sp³-hybridized carbons (Fsp3) is 0.889. The smallest absolute Gasteiger partial charge is 0.188 e. The molecule has 1 fully saturated rings. The fourth-order valence-corrected chi connectivity index (χ4v) is 2.98. The summed E-state index contributed by atoms with van der Waals surface area (Å²) in [6, 6.07) is 0. The normalized spacial score (nSPS) is 21.8. The first-order valence-corrected chi connectivity index (χ1v) is 6.44. The maximum absolute atomic E-state index is 4.12. The van der Waals surface area contributed by atoms with E-state index in [4.69, 9.17) is 0 Å². The van der Waals surface area contributed by atoms with Crippen LogP contribution in [-0.2, 0) is 13.6 Å². The second-order valence-electron chi connectivity index (χ2n) is 3.81. The highest BCUT2D eigenvalue weighted by Gasteiger charge is 2.13. The summed E-state index contributed by atoms with van der Waals surface area (Å²) in [4.78, 5) is 1.49. The van der Waals surface area contributed by atoms with E-state index in [9.17, 15) is 0 Å². The molecule has 0 aliphatic carbocycles. The first-order valence-electron chi connectivity index (χ1n) is 5.40. The van der Waals surface area contributed by atoms with Crippen LogP contribution in [0.4, 0.5) is 0 Å². The predicted octanol–water partition coefficient (Wildman–Crippen LogP) is 0.585. The minimum absolute atomic E-state index is 0.727. The number of aryl methyl sites for hydroxylation is 1. The molecular weight excluding hydrogens is 210 g/mol. The first-order chi connectivity index (χ1) is 7.34. The van der Waals surface area contributed by atoms with Crippen molar-refractivity contribution in [3.05, 3.63) is 5.82 Å². The van der Waals surface area contributed by atoms with E-state index >= 15 is 0 Å². The van der Waals surface area contributed by atoms with Gasteiger partial charge in [0, 0.05) is 11.8 Å². The molecule has 1 aliphatic heterocycles. The molecule has 1 aliphatic rings. The molecule has 0 amide bonds. The number of hydrogen-bond acceptors (Lipinski definition) is 5. The van der Waals surface area contributed by atoms with Crippen LogP contribution >= 0.6 is 11.8 Å². The van der Waals surface area contributed by atoms with Crippen molar-refractivity contribution >= 4 is 11.8 Å². The van der Waals surface area contributed by atoms with Crippen LogP contribution in [0.15, 0.2) is 0 Å². The summed E-state index contributed by atoms with van der Waals surface area (Å²) in [5, 5.41) is 16.0. The van der Waals surface area contributed by atoms with Crippen molar-refractivity contribution in [2.24, 2.45) is 7.05 Å². The van der Waals surface area contributed by atoms with E-state index in [1.54, 1.807) is 7.05 Å². The number of aromatic nitrogens is 4. The molecule has 15 heavy (non-hydrogen) atoms. The molecule has 6 heteroatoms. The molecule has 0 spiro atoms. The summed E-state index contributed by atoms with van der Waals surface area (Å²) < 4.78 is 0. The van der Waals surface area contributed by atoms with E-state index in [0.717, 1.165) is 24.2 Å². The third kappa shape index (κ3) is 3.46. The minimum atomic E-state index is 0.727. The Morgan fingerprint density at radius 2 is 2.47 bits per heavy atom. The van der Waals surface area contributed by atoms with Gasteiger partial charge in [-0.2, -0.15) is 16.6 Å². The van der Waals surface area contributed by atoms with Gasteiger partial charge in [0.25, 0.3) is 0 Å². The second kappa shape index (κ2) is 5.46. The van der Waals surface area contributed by atoms with Crippen molar-refractivity contribution in [1.29, 1.82) is 0 Å². The number of rotatable bonds is 4. The van der Waals surface area contributed by atoms with Crippen LogP contribution in [0.3, 0.4) is 0 Å². The lowest BCUT2D eigenvalue weighted by Crippen LogP contribution is -2.26. The Balaban J connectivity index is 1.65. The Bertz CT molecular complexity index is 294. The third-order valence-electron chi connectivity index (χ3n) is 2.48. The topological polar surface area (TPSA) is 55.6 Å². The molecule has 0 bridgehead atoms. The van der Waals surface area contributed by atoms with Crippen molar-refractivity contribution in [3.63, 3.8) is 0 Å². The molecule has 0 saturated carbocycles. The van der Waals surface area contributed by atoms with Crippen molar-refractivity contribution in [1.82, 2.24) is 25.5 Å². The molecule has 84 valence electrons. The zero-order valence-corrected chi connectivity index (χ0v) is 9.83. The standard InChI is InChI=1S/C9H17N5S/c1-14-12-9(11-13-14)7-10-6-8-4-2-3-5-15-8/h8,10H,2-7H2,1H3. The highest BCUT2D eigenvalue weighted by atomic mass is 32.2. The lowest BCUT2D eigenvalue weighted by Gasteiger charge is -2.20. The summed E-state index contributed by atoms with van der Waals surface area (Å²) in [5.41, 5.74) is 0. The third-order valence-corrected chi connectivity index (χ3v) is 3.88. The number of nitrogens with zero attached hydrogens (tertiary/aromatic N) is 4. The molecule has 0 aromatic carbocycles. The highest BCUT2D eigenvalue weighted by molar-refractivity contribution is 7.99. The van der Waals surface area contributed by atoms with Gasteiger partial charge in [-0.1, -0.05) is 6.42 Å². The maximum Gasteiger partial charge on any atom is 0.188 e. The van der Waals surface area contributed by atoms with Gasteiger partial charge in [-0.3, -0.25) is 0 Å². The zero-order chi connectivity index (χ0) is 10.5. The average Bonchev–Trinajstić information content (AvgIpc) is 2.66. The maximum atomic E-state index is 4.12. The van der Waals surface area contributed by atoms with E-state index in [1.165, 1.54) is 29.8 Å².